The Hall–Kier alpha value is -0.410. The van der Waals surface area contributed by atoms with Crippen molar-refractivity contribution in [3.8, 4) is 5.75 Å². The van der Waals surface area contributed by atoms with Crippen molar-refractivity contribution in [2.75, 3.05) is 20.3 Å². The van der Waals surface area contributed by atoms with Gasteiger partial charge in [0.15, 0.2) is 0 Å². The first-order valence-electron chi connectivity index (χ1n) is 7.39. The lowest BCUT2D eigenvalue weighted by molar-refractivity contribution is -0.123. The molecular weight excluding hydrogens is 478 g/mol. The largest absolute Gasteiger partial charge is 0.495 e. The van der Waals surface area contributed by atoms with E-state index in [1.807, 2.05) is 18.2 Å². The van der Waals surface area contributed by atoms with E-state index in [1.54, 1.807) is 12.0 Å². The van der Waals surface area contributed by atoms with Crippen LogP contribution >= 0.6 is 55.8 Å². The van der Waals surface area contributed by atoms with Crippen molar-refractivity contribution in [3.05, 3.63) is 31.5 Å². The Bertz CT molecular complexity index is 718. The van der Waals surface area contributed by atoms with Gasteiger partial charge in [0.1, 0.15) is 10.1 Å². The Morgan fingerprint density at radius 2 is 2.29 bits per heavy atom. The highest BCUT2D eigenvalue weighted by Gasteiger charge is 2.34. The van der Waals surface area contributed by atoms with Crippen LogP contribution in [0.2, 0.25) is 0 Å². The summed E-state index contributed by atoms with van der Waals surface area (Å²) >= 11 is 13.6. The van der Waals surface area contributed by atoms with Crippen molar-refractivity contribution >= 4 is 72.1 Å². The number of hydrogen-bond donors (Lipinski definition) is 0. The van der Waals surface area contributed by atoms with E-state index in [4.69, 9.17) is 21.7 Å². The van der Waals surface area contributed by atoms with Gasteiger partial charge in [0.25, 0.3) is 5.91 Å². The molecule has 0 saturated carbocycles. The maximum absolute atomic E-state index is 12.7. The molecule has 1 amide bonds. The summed E-state index contributed by atoms with van der Waals surface area (Å²) < 4.78 is 13.4. The fourth-order valence-electron chi connectivity index (χ4n) is 2.69. The van der Waals surface area contributed by atoms with Gasteiger partial charge < -0.3 is 9.47 Å². The summed E-state index contributed by atoms with van der Waals surface area (Å²) in [5.41, 5.74) is 0.816. The van der Waals surface area contributed by atoms with Gasteiger partial charge in [0, 0.05) is 16.6 Å². The number of halogens is 2. The number of methoxy groups -OCH3 is 1. The van der Waals surface area contributed by atoms with Crippen molar-refractivity contribution in [1.29, 1.82) is 0 Å². The van der Waals surface area contributed by atoms with Gasteiger partial charge in [0.2, 0.25) is 0 Å². The third-order valence-electron chi connectivity index (χ3n) is 3.81. The topological polar surface area (TPSA) is 38.8 Å². The lowest BCUT2D eigenvalue weighted by Gasteiger charge is -2.18. The Labute approximate surface area is 167 Å². The van der Waals surface area contributed by atoms with Gasteiger partial charge in [-0.25, -0.2) is 0 Å². The fourth-order valence-corrected chi connectivity index (χ4v) is 5.38. The number of ether oxygens (including phenoxy) is 2. The molecule has 0 unspecified atom stereocenters. The van der Waals surface area contributed by atoms with Gasteiger partial charge in [-0.15, -0.1) is 0 Å². The summed E-state index contributed by atoms with van der Waals surface area (Å²) in [5, 5.41) is 0. The molecule has 2 fully saturated rings. The summed E-state index contributed by atoms with van der Waals surface area (Å²) in [4.78, 5) is 14.9. The van der Waals surface area contributed by atoms with Crippen LogP contribution in [0.4, 0.5) is 0 Å². The van der Waals surface area contributed by atoms with Crippen LogP contribution in [0.5, 0.6) is 5.75 Å². The lowest BCUT2D eigenvalue weighted by atomic mass is 10.2. The van der Waals surface area contributed by atoms with Crippen molar-refractivity contribution in [1.82, 2.24) is 4.90 Å². The van der Waals surface area contributed by atoms with Crippen LogP contribution in [0.15, 0.2) is 26.0 Å². The summed E-state index contributed by atoms with van der Waals surface area (Å²) in [6.07, 6.45) is 3.92. The van der Waals surface area contributed by atoms with Gasteiger partial charge in [-0.3, -0.25) is 9.69 Å². The summed E-state index contributed by atoms with van der Waals surface area (Å²) in [6, 6.07) is 3.81. The molecule has 2 saturated heterocycles. The number of hydrogen-bond acceptors (Lipinski definition) is 5. The molecule has 0 spiro atoms. The Morgan fingerprint density at radius 1 is 1.50 bits per heavy atom. The number of thioether (sulfide) groups is 1. The zero-order chi connectivity index (χ0) is 17.3. The first-order valence-corrected chi connectivity index (χ1v) is 10.2. The molecule has 2 heterocycles. The van der Waals surface area contributed by atoms with Gasteiger partial charge in [-0.05, 0) is 47.0 Å². The third-order valence-corrected chi connectivity index (χ3v) is 6.24. The van der Waals surface area contributed by atoms with Crippen LogP contribution in [-0.2, 0) is 9.53 Å². The van der Waals surface area contributed by atoms with E-state index in [0.29, 0.717) is 21.5 Å². The van der Waals surface area contributed by atoms with Gasteiger partial charge in [0.05, 0.1) is 29.1 Å². The lowest BCUT2D eigenvalue weighted by Crippen LogP contribution is -2.35. The molecule has 2 aliphatic rings. The Balaban J connectivity index is 1.86. The predicted molar refractivity (Wildman–Crippen MR) is 107 cm³/mol. The summed E-state index contributed by atoms with van der Waals surface area (Å²) in [6.45, 7) is 1.29. The quantitative estimate of drug-likeness (QED) is 0.453. The Morgan fingerprint density at radius 3 is 2.96 bits per heavy atom. The van der Waals surface area contributed by atoms with Crippen molar-refractivity contribution in [2.24, 2.45) is 0 Å². The molecule has 2 aliphatic heterocycles. The molecule has 1 aromatic carbocycles. The van der Waals surface area contributed by atoms with Gasteiger partial charge in [-0.2, -0.15) is 0 Å². The minimum absolute atomic E-state index is 0.0707. The minimum atomic E-state index is -0.0707. The molecule has 0 radical (unpaired) electrons. The van der Waals surface area contributed by atoms with Crippen LogP contribution in [-0.4, -0.2) is 41.5 Å². The average Bonchev–Trinajstić information content (AvgIpc) is 3.11. The molecule has 3 rings (SSSR count). The van der Waals surface area contributed by atoms with Crippen LogP contribution in [0, 0.1) is 0 Å². The van der Waals surface area contributed by atoms with E-state index < -0.39 is 0 Å². The highest BCUT2D eigenvalue weighted by atomic mass is 79.9. The van der Waals surface area contributed by atoms with E-state index in [2.05, 4.69) is 31.9 Å². The number of nitrogens with zero attached hydrogens (tertiary/aromatic N) is 1. The highest BCUT2D eigenvalue weighted by molar-refractivity contribution is 9.11. The van der Waals surface area contributed by atoms with E-state index in [0.717, 1.165) is 34.0 Å². The van der Waals surface area contributed by atoms with E-state index in [-0.39, 0.29) is 12.0 Å². The first kappa shape index (κ1) is 18.4. The molecule has 0 bridgehead atoms. The van der Waals surface area contributed by atoms with E-state index in [9.17, 15) is 4.79 Å². The molecule has 24 heavy (non-hydrogen) atoms. The second-order valence-electron chi connectivity index (χ2n) is 5.44. The normalized spacial score (nSPS) is 22.7. The van der Waals surface area contributed by atoms with Crippen LogP contribution in [0.3, 0.4) is 0 Å². The van der Waals surface area contributed by atoms with Gasteiger partial charge in [-0.1, -0.05) is 39.9 Å². The molecule has 1 aromatic rings. The average molecular weight is 493 g/mol. The molecule has 4 nitrogen and oxygen atoms in total. The van der Waals surface area contributed by atoms with Crippen molar-refractivity contribution in [3.63, 3.8) is 0 Å². The first-order chi connectivity index (χ1) is 11.5. The Kier molecular flexibility index (Phi) is 6.02. The minimum Gasteiger partial charge on any atom is -0.495 e. The maximum atomic E-state index is 12.7. The molecule has 0 aromatic heterocycles. The molecular formula is C16H15Br2NO3S2. The standard InChI is InChI=1S/C16H15Br2NO3S2/c1-21-14-9(5-10(17)7-12(14)18)6-13-15(20)19(16(23)24-13)8-11-3-2-4-22-11/h5-7,11H,2-4,8H2,1H3/b13-6-/t11-/m1/s1. The maximum Gasteiger partial charge on any atom is 0.266 e. The molecule has 8 heteroatoms. The molecule has 1 atom stereocenters. The van der Waals surface area contributed by atoms with Crippen LogP contribution in [0.1, 0.15) is 18.4 Å². The van der Waals surface area contributed by atoms with E-state index in [1.165, 1.54) is 11.8 Å². The van der Waals surface area contributed by atoms with Crippen LogP contribution < -0.4 is 4.74 Å². The second-order valence-corrected chi connectivity index (χ2v) is 8.88. The number of benzene rings is 1. The smallest absolute Gasteiger partial charge is 0.266 e. The number of rotatable bonds is 4. The molecule has 0 aliphatic carbocycles. The number of carbonyl (C=O) groups is 1. The van der Waals surface area contributed by atoms with E-state index >= 15 is 0 Å². The number of amides is 1. The van der Waals surface area contributed by atoms with Crippen molar-refractivity contribution < 1.29 is 14.3 Å². The monoisotopic (exact) mass is 491 g/mol. The van der Waals surface area contributed by atoms with Crippen molar-refractivity contribution in [2.45, 2.75) is 18.9 Å². The highest BCUT2D eigenvalue weighted by Crippen LogP contribution is 2.38. The summed E-state index contributed by atoms with van der Waals surface area (Å²) in [7, 11) is 1.61. The third kappa shape index (κ3) is 3.88. The molecule has 0 N–H and O–H groups in total. The van der Waals surface area contributed by atoms with Crippen LogP contribution in [0.25, 0.3) is 6.08 Å². The molecule has 128 valence electrons. The SMILES string of the molecule is COc1c(Br)cc(Br)cc1/C=C1\SC(=S)N(C[C@H]2CCCO2)C1=O. The number of carbonyl (C=O) groups excluding carboxylic acids is 1. The predicted octanol–water partition coefficient (Wildman–Crippen LogP) is 4.60. The van der Waals surface area contributed by atoms with Gasteiger partial charge >= 0.3 is 0 Å². The number of thiocarbonyl (C=S) groups is 1. The zero-order valence-electron chi connectivity index (χ0n) is 12.9. The fraction of sp³-hybridized carbons (Fsp3) is 0.375. The second kappa shape index (κ2) is 7.86. The summed E-state index contributed by atoms with van der Waals surface area (Å²) in [5.74, 6) is 0.612. The zero-order valence-corrected chi connectivity index (χ0v) is 17.7.